The molecule has 0 spiro atoms. The number of carboxylic acids is 1. The minimum Gasteiger partial charge on any atom is -0.480 e. The van der Waals surface area contributed by atoms with Crippen LogP contribution in [0.3, 0.4) is 0 Å². The summed E-state index contributed by atoms with van der Waals surface area (Å²) >= 11 is 1.59. The van der Waals surface area contributed by atoms with Crippen LogP contribution < -0.4 is 5.56 Å². The number of aryl methyl sites for hydroxylation is 2. The van der Waals surface area contributed by atoms with E-state index < -0.39 is 12.0 Å². The molecule has 1 N–H and O–H groups in total. The lowest BCUT2D eigenvalue weighted by Crippen LogP contribution is -2.32. The first-order valence-electron chi connectivity index (χ1n) is 7.21. The molecule has 0 radical (unpaired) electrons. The molecule has 1 aliphatic carbocycles. The Kier molecular flexibility index (Phi) is 3.36. The van der Waals surface area contributed by atoms with Crippen molar-refractivity contribution in [2.45, 2.75) is 52.0 Å². The summed E-state index contributed by atoms with van der Waals surface area (Å²) in [5, 5.41) is 9.94. The molecule has 3 rings (SSSR count). The number of fused-ring (bicyclic) bond motifs is 3. The number of thiophene rings is 1. The molecule has 112 valence electrons. The van der Waals surface area contributed by atoms with Crippen LogP contribution in [0.2, 0.25) is 0 Å². The maximum atomic E-state index is 12.9. The fraction of sp³-hybridized carbons (Fsp3) is 0.533. The Bertz CT molecular complexity index is 788. The van der Waals surface area contributed by atoms with Gasteiger partial charge in [0.1, 0.15) is 16.7 Å². The number of nitrogens with zero attached hydrogens (tertiary/aromatic N) is 2. The standard InChI is InChI=1S/C15H18N2O3S/c1-7(2)12-16-13-11(9-5-4-6-10(9)21-13)14(18)17(12)8(3)15(19)20/h7-8H,4-6H2,1-3H3,(H,19,20). The van der Waals surface area contributed by atoms with Crippen molar-refractivity contribution in [1.82, 2.24) is 9.55 Å². The molecule has 0 aliphatic heterocycles. The topological polar surface area (TPSA) is 72.2 Å². The quantitative estimate of drug-likeness (QED) is 0.946. The highest BCUT2D eigenvalue weighted by Gasteiger charge is 2.27. The van der Waals surface area contributed by atoms with E-state index >= 15 is 0 Å². The maximum absolute atomic E-state index is 12.9. The Hall–Kier alpha value is -1.69. The zero-order valence-electron chi connectivity index (χ0n) is 12.3. The SMILES string of the molecule is CC(C)c1nc2sc3c(c2c(=O)n1C(C)C(=O)O)CCC3. The number of carbonyl (C=O) groups is 1. The molecule has 1 aliphatic rings. The average molecular weight is 306 g/mol. The Labute approximate surface area is 126 Å². The van der Waals surface area contributed by atoms with Crippen LogP contribution in [0.25, 0.3) is 10.2 Å². The molecule has 0 amide bonds. The van der Waals surface area contributed by atoms with E-state index in [2.05, 4.69) is 4.98 Å². The van der Waals surface area contributed by atoms with E-state index in [-0.39, 0.29) is 11.5 Å². The molecular weight excluding hydrogens is 288 g/mol. The summed E-state index contributed by atoms with van der Waals surface area (Å²) in [6.07, 6.45) is 2.97. The van der Waals surface area contributed by atoms with E-state index in [1.165, 1.54) is 16.4 Å². The van der Waals surface area contributed by atoms with Crippen molar-refractivity contribution in [3.8, 4) is 0 Å². The summed E-state index contributed by atoms with van der Waals surface area (Å²) in [4.78, 5) is 30.9. The molecule has 6 heteroatoms. The largest absolute Gasteiger partial charge is 0.480 e. The smallest absolute Gasteiger partial charge is 0.326 e. The van der Waals surface area contributed by atoms with Crippen LogP contribution in [0, 0.1) is 0 Å². The highest BCUT2D eigenvalue weighted by Crippen LogP contribution is 2.35. The molecule has 2 aromatic rings. The van der Waals surface area contributed by atoms with E-state index in [0.717, 1.165) is 29.7 Å². The number of hydrogen-bond donors (Lipinski definition) is 1. The lowest BCUT2D eigenvalue weighted by Gasteiger charge is -2.18. The third-order valence-electron chi connectivity index (χ3n) is 4.06. The summed E-state index contributed by atoms with van der Waals surface area (Å²) in [6.45, 7) is 5.40. The second-order valence-corrected chi connectivity index (χ2v) is 6.94. The van der Waals surface area contributed by atoms with Gasteiger partial charge >= 0.3 is 5.97 Å². The van der Waals surface area contributed by atoms with Gasteiger partial charge in [0, 0.05) is 10.8 Å². The molecule has 0 bridgehead atoms. The van der Waals surface area contributed by atoms with Crippen LogP contribution in [0.5, 0.6) is 0 Å². The Morgan fingerprint density at radius 2 is 2.05 bits per heavy atom. The van der Waals surface area contributed by atoms with Crippen molar-refractivity contribution < 1.29 is 9.90 Å². The van der Waals surface area contributed by atoms with Crippen molar-refractivity contribution in [2.75, 3.05) is 0 Å². The fourth-order valence-corrected chi connectivity index (χ4v) is 4.22. The first kappa shape index (κ1) is 14.3. The number of rotatable bonds is 3. The number of hydrogen-bond acceptors (Lipinski definition) is 4. The molecule has 0 saturated carbocycles. The minimum atomic E-state index is -1.01. The van der Waals surface area contributed by atoms with Crippen LogP contribution in [-0.4, -0.2) is 20.6 Å². The Morgan fingerprint density at radius 1 is 1.33 bits per heavy atom. The van der Waals surface area contributed by atoms with Gasteiger partial charge in [-0.05, 0) is 31.7 Å². The third kappa shape index (κ3) is 2.09. The van der Waals surface area contributed by atoms with Gasteiger partial charge in [0.2, 0.25) is 0 Å². The van der Waals surface area contributed by atoms with Gasteiger partial charge in [-0.1, -0.05) is 13.8 Å². The van der Waals surface area contributed by atoms with E-state index in [0.29, 0.717) is 11.2 Å². The van der Waals surface area contributed by atoms with E-state index in [9.17, 15) is 14.7 Å². The van der Waals surface area contributed by atoms with E-state index in [1.54, 1.807) is 11.3 Å². The number of aromatic nitrogens is 2. The highest BCUT2D eigenvalue weighted by molar-refractivity contribution is 7.18. The average Bonchev–Trinajstić information content (AvgIpc) is 2.97. The molecule has 1 atom stereocenters. The first-order chi connectivity index (χ1) is 9.91. The van der Waals surface area contributed by atoms with Gasteiger partial charge in [-0.2, -0.15) is 0 Å². The predicted molar refractivity (Wildman–Crippen MR) is 82.3 cm³/mol. The third-order valence-corrected chi connectivity index (χ3v) is 5.25. The highest BCUT2D eigenvalue weighted by atomic mass is 32.1. The van der Waals surface area contributed by atoms with Crippen molar-refractivity contribution in [1.29, 1.82) is 0 Å². The van der Waals surface area contributed by atoms with E-state index in [1.807, 2.05) is 13.8 Å². The van der Waals surface area contributed by atoms with Gasteiger partial charge in [-0.25, -0.2) is 9.78 Å². The molecule has 2 aromatic heterocycles. The monoisotopic (exact) mass is 306 g/mol. The van der Waals surface area contributed by atoms with Gasteiger partial charge in [-0.3, -0.25) is 9.36 Å². The van der Waals surface area contributed by atoms with Crippen LogP contribution in [0.4, 0.5) is 0 Å². The zero-order valence-corrected chi connectivity index (χ0v) is 13.2. The molecule has 0 saturated heterocycles. The van der Waals surface area contributed by atoms with Crippen LogP contribution >= 0.6 is 11.3 Å². The zero-order chi connectivity index (χ0) is 15.3. The summed E-state index contributed by atoms with van der Waals surface area (Å²) in [5.74, 6) is -0.449. The minimum absolute atomic E-state index is 0.000778. The summed E-state index contributed by atoms with van der Waals surface area (Å²) in [7, 11) is 0. The van der Waals surface area contributed by atoms with Crippen molar-refractivity contribution in [3.05, 3.63) is 26.6 Å². The number of carboxylic acid groups (broad SMARTS) is 1. The van der Waals surface area contributed by atoms with Gasteiger partial charge in [0.15, 0.2) is 0 Å². The van der Waals surface area contributed by atoms with Crippen LogP contribution in [-0.2, 0) is 17.6 Å². The number of aliphatic carboxylic acids is 1. The van der Waals surface area contributed by atoms with Crippen molar-refractivity contribution >= 4 is 27.5 Å². The van der Waals surface area contributed by atoms with Gasteiger partial charge < -0.3 is 5.11 Å². The second-order valence-electron chi connectivity index (χ2n) is 5.85. The molecule has 1 unspecified atom stereocenters. The van der Waals surface area contributed by atoms with Gasteiger partial charge in [0.05, 0.1) is 5.39 Å². The summed E-state index contributed by atoms with van der Waals surface area (Å²) in [5.41, 5.74) is 0.896. The Morgan fingerprint density at radius 3 is 2.67 bits per heavy atom. The lowest BCUT2D eigenvalue weighted by molar-refractivity contribution is -0.140. The lowest BCUT2D eigenvalue weighted by atomic mass is 10.1. The van der Waals surface area contributed by atoms with Crippen molar-refractivity contribution in [3.63, 3.8) is 0 Å². The summed E-state index contributed by atoms with van der Waals surface area (Å²) < 4.78 is 1.36. The molecule has 21 heavy (non-hydrogen) atoms. The second kappa shape index (κ2) is 4.94. The van der Waals surface area contributed by atoms with Crippen LogP contribution in [0.15, 0.2) is 4.79 Å². The first-order valence-corrected chi connectivity index (χ1v) is 8.03. The van der Waals surface area contributed by atoms with E-state index in [4.69, 9.17) is 0 Å². The fourth-order valence-electron chi connectivity index (χ4n) is 2.96. The van der Waals surface area contributed by atoms with Crippen molar-refractivity contribution in [2.24, 2.45) is 0 Å². The normalized spacial score (nSPS) is 15.6. The van der Waals surface area contributed by atoms with Crippen LogP contribution in [0.1, 0.15) is 55.4 Å². The molecule has 0 aromatic carbocycles. The molecular formula is C15H18N2O3S. The Balaban J connectivity index is 2.38. The molecule has 0 fully saturated rings. The van der Waals surface area contributed by atoms with Gasteiger partial charge in [0.25, 0.3) is 5.56 Å². The molecule has 5 nitrogen and oxygen atoms in total. The molecule has 2 heterocycles. The summed E-state index contributed by atoms with van der Waals surface area (Å²) in [6, 6.07) is -0.899. The maximum Gasteiger partial charge on any atom is 0.326 e. The van der Waals surface area contributed by atoms with Gasteiger partial charge in [-0.15, -0.1) is 11.3 Å². The predicted octanol–water partition coefficient (Wildman–Crippen LogP) is 2.72.